The highest BCUT2D eigenvalue weighted by atomic mass is 35.5. The quantitative estimate of drug-likeness (QED) is 0.0968. The van der Waals surface area contributed by atoms with Gasteiger partial charge in [-0.25, -0.2) is 4.79 Å². The lowest BCUT2D eigenvalue weighted by Crippen LogP contribution is -2.61. The molecule has 4 saturated heterocycles. The van der Waals surface area contributed by atoms with Gasteiger partial charge >= 0.3 is 24.0 Å². The van der Waals surface area contributed by atoms with E-state index in [0.29, 0.717) is 38.5 Å². The van der Waals surface area contributed by atoms with Crippen LogP contribution in [0.15, 0.2) is 30.6 Å². The molecule has 5 heterocycles. The van der Waals surface area contributed by atoms with Crippen LogP contribution in [0.25, 0.3) is 0 Å². The molecule has 4 aliphatic heterocycles. The minimum Gasteiger partial charge on any atom is -0.493 e. The van der Waals surface area contributed by atoms with Gasteiger partial charge in [0, 0.05) is 69.4 Å². The number of Topliss-reactive ketones (excluding diaryl/α,β-unsaturated/α-hetero) is 1. The third kappa shape index (κ3) is 14.4. The van der Waals surface area contributed by atoms with Gasteiger partial charge in [-0.2, -0.15) is 0 Å². The number of cyclic esters (lactones) is 1. The summed E-state index contributed by atoms with van der Waals surface area (Å²) in [5, 5.41) is 3.00. The van der Waals surface area contributed by atoms with Crippen molar-refractivity contribution in [1.82, 2.24) is 19.7 Å². The zero-order valence-corrected chi connectivity index (χ0v) is 48.7. The lowest BCUT2D eigenvalue weighted by molar-refractivity contribution is -0.304. The number of carbonyl (C=O) groups excluding carboxylic acids is 6. The van der Waals surface area contributed by atoms with Gasteiger partial charge in [-0.05, 0) is 85.7 Å². The Morgan fingerprint density at radius 2 is 1.62 bits per heavy atom. The minimum atomic E-state index is -1.57. The van der Waals surface area contributed by atoms with Gasteiger partial charge in [0.05, 0.1) is 85.0 Å². The molecular formula is C55H79Cl2N5O16. The number of benzene rings is 1. The monoisotopic (exact) mass is 1140 g/mol. The van der Waals surface area contributed by atoms with E-state index in [-0.39, 0.29) is 83.9 Å². The van der Waals surface area contributed by atoms with Crippen LogP contribution >= 0.6 is 23.2 Å². The average molecular weight is 1140 g/mol. The first-order valence-corrected chi connectivity index (χ1v) is 27.5. The maximum Gasteiger partial charge on any atom is 0.410 e. The van der Waals surface area contributed by atoms with Crippen molar-refractivity contribution in [2.45, 2.75) is 148 Å². The van der Waals surface area contributed by atoms with Crippen molar-refractivity contribution in [3.05, 3.63) is 46.2 Å². The smallest absolute Gasteiger partial charge is 0.410 e. The number of pyridine rings is 1. The van der Waals surface area contributed by atoms with Crippen LogP contribution in [-0.2, 0) is 57.1 Å². The normalized spacial score (nSPS) is 32.3. The molecule has 0 bridgehead atoms. The SMILES string of the molecule is CC[C@H]1OC(=O)[C@H](C)[C@@H](OC(=O)CN2CCOCC2)[C@H](C)[C@@H](O[C@@H]2O[C@H](C)C[C@H](N(C)C)[C@H]2OC(C)=O)[C@](C)(OC)C[C@@H](C)C(=O)[C@H](C)[C@H]2N(CCCOc3cc(C(=O)Nc4c(Cl)cncc4Cl)ccc3OC)C(=O)O[C@]12C. The fourth-order valence-electron chi connectivity index (χ4n) is 11.6. The zero-order chi connectivity index (χ0) is 57.4. The van der Waals surface area contributed by atoms with Crippen molar-refractivity contribution in [3.63, 3.8) is 0 Å². The number of rotatable bonds is 17. The Morgan fingerprint density at radius 3 is 2.23 bits per heavy atom. The number of ketones is 1. The molecule has 0 saturated carbocycles. The number of nitrogens with one attached hydrogen (secondary N) is 1. The number of hydrogen-bond acceptors (Lipinski definition) is 19. The molecule has 4 aliphatic rings. The number of methoxy groups -OCH3 is 2. The van der Waals surface area contributed by atoms with Crippen molar-refractivity contribution >= 4 is 64.6 Å². The highest BCUT2D eigenvalue weighted by molar-refractivity contribution is 6.39. The number of carbonyl (C=O) groups is 6. The standard InChI is InChI=1S/C55H79Cl2N5O16/c1-14-42-55(9)48(62(53(68)78-55)18-15-21-72-41-25-36(16-17-40(41)69-12)50(66)59-44-37(56)27-58-28-38(44)57)32(4)45(65)30(2)26-54(8,70-13)49(77-52-47(74-35(7)63)39(60(10)11)24-31(3)73-52)33(5)46(34(6)51(67)75-42)76-43(64)29-61-19-22-71-23-20-61/h16-17,25,27-28,30-34,39,42,46-49,52H,14-15,18-24,26,29H2,1-13H3,(H,58,59,66)/t30-,31-,32+,33+,34-,39+,42-,46+,47-,48-,49-,52+,54-,55-/m1/s1. The van der Waals surface area contributed by atoms with Crippen LogP contribution in [0, 0.1) is 23.7 Å². The van der Waals surface area contributed by atoms with Gasteiger partial charge < -0.3 is 62.5 Å². The number of amides is 2. The third-order valence-corrected chi connectivity index (χ3v) is 16.2. The van der Waals surface area contributed by atoms with E-state index in [1.165, 1.54) is 44.5 Å². The van der Waals surface area contributed by atoms with Gasteiger partial charge in [0.1, 0.15) is 18.0 Å². The Morgan fingerprint density at radius 1 is 0.936 bits per heavy atom. The van der Waals surface area contributed by atoms with Gasteiger partial charge in [-0.3, -0.25) is 33.9 Å². The Balaban J connectivity index is 1.34. The first-order valence-electron chi connectivity index (χ1n) is 26.7. The molecule has 1 aromatic carbocycles. The van der Waals surface area contributed by atoms with Crippen LogP contribution in [0.2, 0.25) is 10.0 Å². The van der Waals surface area contributed by atoms with Gasteiger partial charge in [0.15, 0.2) is 29.5 Å². The average Bonchev–Trinajstić information content (AvgIpc) is 3.78. The van der Waals surface area contributed by atoms with Crippen molar-refractivity contribution in [1.29, 1.82) is 0 Å². The Kier molecular flexibility index (Phi) is 21.6. The number of ether oxygens (including phenoxy) is 10. The lowest BCUT2D eigenvalue weighted by Gasteiger charge is -2.49. The van der Waals surface area contributed by atoms with E-state index in [4.69, 9.17) is 70.6 Å². The van der Waals surface area contributed by atoms with E-state index in [1.54, 1.807) is 60.6 Å². The maximum absolute atomic E-state index is 15.2. The summed E-state index contributed by atoms with van der Waals surface area (Å²) < 4.78 is 62.4. The molecule has 2 aromatic rings. The number of morpholine rings is 1. The molecule has 434 valence electrons. The Hall–Kier alpha value is -4.87. The molecule has 6 rings (SSSR count). The predicted molar refractivity (Wildman–Crippen MR) is 287 cm³/mol. The summed E-state index contributed by atoms with van der Waals surface area (Å²) in [6, 6.07) is 3.31. The molecule has 0 aliphatic carbocycles. The number of aromatic nitrogens is 1. The van der Waals surface area contributed by atoms with Crippen LogP contribution in [0.5, 0.6) is 11.5 Å². The van der Waals surface area contributed by atoms with Crippen molar-refractivity contribution < 1.29 is 76.1 Å². The number of anilines is 1. The summed E-state index contributed by atoms with van der Waals surface area (Å²) in [5.41, 5.74) is -2.56. The fraction of sp³-hybridized carbons (Fsp3) is 0.691. The summed E-state index contributed by atoms with van der Waals surface area (Å²) >= 11 is 12.5. The highest BCUT2D eigenvalue weighted by Crippen LogP contribution is 2.44. The van der Waals surface area contributed by atoms with Gasteiger partial charge in [0.2, 0.25) is 0 Å². The second kappa shape index (κ2) is 27.1. The molecule has 2 amide bonds. The largest absolute Gasteiger partial charge is 0.493 e. The summed E-state index contributed by atoms with van der Waals surface area (Å²) in [7, 11) is 6.70. The van der Waals surface area contributed by atoms with Crippen LogP contribution in [0.4, 0.5) is 10.5 Å². The minimum absolute atomic E-state index is 0.0214. The highest BCUT2D eigenvalue weighted by Gasteiger charge is 2.61. The van der Waals surface area contributed by atoms with Gasteiger partial charge in [-0.1, -0.05) is 50.9 Å². The zero-order valence-electron chi connectivity index (χ0n) is 47.2. The van der Waals surface area contributed by atoms with Crippen LogP contribution in [0.1, 0.15) is 98.4 Å². The molecule has 21 nitrogen and oxygen atoms in total. The number of likely N-dealkylation sites (N-methyl/N-ethyl adjacent to an activating group) is 1. The number of halogens is 2. The second-order valence-electron chi connectivity index (χ2n) is 21.5. The van der Waals surface area contributed by atoms with E-state index in [0.717, 1.165) is 0 Å². The summed E-state index contributed by atoms with van der Waals surface area (Å²) in [5.74, 6) is -5.82. The molecule has 0 radical (unpaired) electrons. The van der Waals surface area contributed by atoms with E-state index in [9.17, 15) is 24.0 Å². The van der Waals surface area contributed by atoms with Crippen molar-refractivity contribution in [2.75, 3.05) is 79.6 Å². The lowest BCUT2D eigenvalue weighted by atomic mass is 9.73. The van der Waals surface area contributed by atoms with Crippen molar-refractivity contribution in [2.24, 2.45) is 23.7 Å². The second-order valence-corrected chi connectivity index (χ2v) is 22.4. The predicted octanol–water partition coefficient (Wildman–Crippen LogP) is 6.87. The number of hydrogen-bond donors (Lipinski definition) is 1. The summed E-state index contributed by atoms with van der Waals surface area (Å²) in [4.78, 5) is 94.0. The number of nitrogens with zero attached hydrogens (tertiary/aromatic N) is 4. The summed E-state index contributed by atoms with van der Waals surface area (Å²) in [6.07, 6.45) is -2.95. The van der Waals surface area contributed by atoms with E-state index in [2.05, 4.69) is 10.3 Å². The number of esters is 3. The third-order valence-electron chi connectivity index (χ3n) is 15.7. The first-order chi connectivity index (χ1) is 36.9. The van der Waals surface area contributed by atoms with Crippen LogP contribution in [0.3, 0.4) is 0 Å². The first kappa shape index (κ1) is 62.3. The van der Waals surface area contributed by atoms with Crippen LogP contribution in [-0.4, -0.2) is 190 Å². The number of fused-ring (bicyclic) bond motifs is 1. The molecule has 1 N–H and O–H groups in total. The van der Waals surface area contributed by atoms with E-state index >= 15 is 4.79 Å². The Bertz CT molecular complexity index is 2430. The summed E-state index contributed by atoms with van der Waals surface area (Å²) in [6.45, 7) is 17.2. The molecule has 4 fully saturated rings. The van der Waals surface area contributed by atoms with Gasteiger partial charge in [0.25, 0.3) is 5.91 Å². The van der Waals surface area contributed by atoms with Crippen molar-refractivity contribution in [3.8, 4) is 11.5 Å². The topological polar surface area (TPSA) is 229 Å². The molecule has 78 heavy (non-hydrogen) atoms. The van der Waals surface area contributed by atoms with E-state index < -0.39 is 102 Å². The van der Waals surface area contributed by atoms with E-state index in [1.807, 2.05) is 30.8 Å². The molecule has 1 aromatic heterocycles. The molecule has 0 spiro atoms. The fourth-order valence-corrected chi connectivity index (χ4v) is 12.0. The molecule has 14 atom stereocenters. The molecule has 0 unspecified atom stereocenters. The molecule has 23 heteroatoms. The van der Waals surface area contributed by atoms with Crippen LogP contribution < -0.4 is 14.8 Å². The maximum atomic E-state index is 15.2. The van der Waals surface area contributed by atoms with Gasteiger partial charge in [-0.15, -0.1) is 0 Å². The Labute approximate surface area is 467 Å². The molecular weight excluding hydrogens is 1060 g/mol.